The number of halogens is 1. The van der Waals surface area contributed by atoms with Crippen molar-refractivity contribution in [2.45, 2.75) is 30.5 Å². The molecule has 3 nitrogen and oxygen atoms in total. The first-order valence-electron chi connectivity index (χ1n) is 4.77. The number of guanidine groups is 1. The molecule has 0 aromatic carbocycles. The lowest BCUT2D eigenvalue weighted by Crippen LogP contribution is -2.37. The van der Waals surface area contributed by atoms with Crippen molar-refractivity contribution in [2.75, 3.05) is 5.32 Å². The monoisotopic (exact) mass is 261 g/mol. The Hall–Kier alpha value is -0.390. The third-order valence-corrected chi connectivity index (χ3v) is 4.33. The molecule has 2 rings (SSSR count). The molecule has 0 bridgehead atoms. The van der Waals surface area contributed by atoms with Gasteiger partial charge < -0.3 is 10.6 Å². The molecule has 0 saturated carbocycles. The zero-order valence-corrected chi connectivity index (χ0v) is 10.9. The first-order chi connectivity index (χ1) is 7.19. The second-order valence-electron chi connectivity index (χ2n) is 3.36. The van der Waals surface area contributed by atoms with Gasteiger partial charge in [-0.05, 0) is 19.4 Å². The maximum Gasteiger partial charge on any atom is 0.208 e. The summed E-state index contributed by atoms with van der Waals surface area (Å²) in [7, 11) is 0. The van der Waals surface area contributed by atoms with E-state index in [9.17, 15) is 0 Å². The topological polar surface area (TPSA) is 36.4 Å². The van der Waals surface area contributed by atoms with Gasteiger partial charge in [-0.15, -0.1) is 11.3 Å². The van der Waals surface area contributed by atoms with E-state index in [1.807, 2.05) is 6.07 Å². The second-order valence-corrected chi connectivity index (χ2v) is 6.08. The highest BCUT2D eigenvalue weighted by Gasteiger charge is 2.16. The lowest BCUT2D eigenvalue weighted by molar-refractivity contribution is 0.641. The average Bonchev–Trinajstić information content (AvgIpc) is 2.57. The molecule has 0 radical (unpaired) electrons. The van der Waals surface area contributed by atoms with E-state index in [1.165, 1.54) is 11.9 Å². The molecule has 1 atom stereocenters. The van der Waals surface area contributed by atoms with Crippen LogP contribution in [0, 0.1) is 0 Å². The Morgan fingerprint density at radius 2 is 2.47 bits per heavy atom. The number of nitrogens with zero attached hydrogens (tertiary/aromatic N) is 1. The molecule has 1 aromatic heterocycles. The Morgan fingerprint density at radius 3 is 3.20 bits per heavy atom. The van der Waals surface area contributed by atoms with Gasteiger partial charge in [-0.3, -0.25) is 0 Å². The predicted octanol–water partition coefficient (Wildman–Crippen LogP) is 3.58. The second kappa shape index (κ2) is 4.63. The number of anilines is 1. The summed E-state index contributed by atoms with van der Waals surface area (Å²) in [5, 5.41) is 6.53. The highest BCUT2D eigenvalue weighted by atomic mass is 35.5. The molecule has 0 aliphatic carbocycles. The van der Waals surface area contributed by atoms with Crippen molar-refractivity contribution < 1.29 is 0 Å². The molecule has 0 fully saturated rings. The van der Waals surface area contributed by atoms with Crippen molar-refractivity contribution in [3.63, 3.8) is 0 Å². The van der Waals surface area contributed by atoms with Gasteiger partial charge in [0.05, 0.1) is 10.0 Å². The molecule has 0 amide bonds. The Morgan fingerprint density at radius 1 is 1.67 bits per heavy atom. The lowest BCUT2D eigenvalue weighted by Gasteiger charge is -2.18. The molecule has 0 spiro atoms. The molecule has 1 aliphatic rings. The summed E-state index contributed by atoms with van der Waals surface area (Å²) in [6, 6.07) is 2.36. The number of nitrogens with one attached hydrogen (secondary N) is 2. The standard InChI is InChI=1S/C9H12ClN3S2/c1-3-5(2)11-9-12-6-4-7(10)14-8(6)15-13-9/h4-5H,3H2,1-2H3,(H2,11,12,13)/t5-/m1/s1. The number of fused-ring (bicyclic) bond motifs is 1. The van der Waals surface area contributed by atoms with Crippen molar-refractivity contribution >= 4 is 46.5 Å². The minimum Gasteiger partial charge on any atom is -0.353 e. The van der Waals surface area contributed by atoms with Crippen molar-refractivity contribution in [1.29, 1.82) is 0 Å². The minimum absolute atomic E-state index is 0.424. The molecule has 6 heteroatoms. The normalized spacial score (nSPS) is 16.3. The predicted molar refractivity (Wildman–Crippen MR) is 69.1 cm³/mol. The van der Waals surface area contributed by atoms with Crippen LogP contribution in [0.1, 0.15) is 20.3 Å². The van der Waals surface area contributed by atoms with E-state index in [0.29, 0.717) is 6.04 Å². The third kappa shape index (κ3) is 2.59. The third-order valence-electron chi connectivity index (χ3n) is 2.14. The summed E-state index contributed by atoms with van der Waals surface area (Å²) < 4.78 is 6.25. The molecule has 1 aromatic rings. The molecule has 0 saturated heterocycles. The van der Waals surface area contributed by atoms with Crippen LogP contribution in [0.15, 0.2) is 14.7 Å². The fourth-order valence-corrected chi connectivity index (χ4v) is 3.20. The fraction of sp³-hybridized carbons (Fsp3) is 0.444. The lowest BCUT2D eigenvalue weighted by atomic mass is 10.3. The van der Waals surface area contributed by atoms with Gasteiger partial charge in [0, 0.05) is 18.0 Å². The van der Waals surface area contributed by atoms with E-state index in [1.54, 1.807) is 11.3 Å². The Balaban J connectivity index is 2.05. The quantitative estimate of drug-likeness (QED) is 0.799. The van der Waals surface area contributed by atoms with E-state index in [4.69, 9.17) is 11.6 Å². The highest BCUT2D eigenvalue weighted by Crippen LogP contribution is 2.41. The average molecular weight is 262 g/mol. The van der Waals surface area contributed by atoms with Crippen LogP contribution in [-0.2, 0) is 0 Å². The summed E-state index contributed by atoms with van der Waals surface area (Å²) in [4.78, 5) is 0. The molecule has 15 heavy (non-hydrogen) atoms. The Bertz CT molecular complexity index is 389. The fourth-order valence-electron chi connectivity index (χ4n) is 1.14. The molecule has 82 valence electrons. The summed E-state index contributed by atoms with van der Waals surface area (Å²) >= 11 is 8.94. The molecule has 1 aliphatic heterocycles. The van der Waals surface area contributed by atoms with Crippen molar-refractivity contribution in [2.24, 2.45) is 4.40 Å². The van der Waals surface area contributed by atoms with Crippen LogP contribution in [0.25, 0.3) is 0 Å². The van der Waals surface area contributed by atoms with Gasteiger partial charge in [0.25, 0.3) is 0 Å². The number of hydrogen-bond acceptors (Lipinski definition) is 5. The first kappa shape index (κ1) is 11.1. The molecular weight excluding hydrogens is 250 g/mol. The van der Waals surface area contributed by atoms with Crippen molar-refractivity contribution in [3.8, 4) is 0 Å². The highest BCUT2D eigenvalue weighted by molar-refractivity contribution is 8.00. The maximum atomic E-state index is 5.93. The van der Waals surface area contributed by atoms with Gasteiger partial charge in [-0.1, -0.05) is 18.5 Å². The SMILES string of the molecule is CC[C@@H](C)NC1=NSc2sc(Cl)cc2N1. The Labute approximate surface area is 102 Å². The van der Waals surface area contributed by atoms with Crippen LogP contribution in [0.5, 0.6) is 0 Å². The van der Waals surface area contributed by atoms with Crippen molar-refractivity contribution in [1.82, 2.24) is 5.32 Å². The van der Waals surface area contributed by atoms with E-state index in [-0.39, 0.29) is 0 Å². The van der Waals surface area contributed by atoms with Crippen LogP contribution in [0.3, 0.4) is 0 Å². The van der Waals surface area contributed by atoms with Gasteiger partial charge in [-0.25, -0.2) is 0 Å². The first-order valence-corrected chi connectivity index (χ1v) is 6.73. The van der Waals surface area contributed by atoms with Crippen LogP contribution >= 0.6 is 34.9 Å². The number of thiophene rings is 1. The van der Waals surface area contributed by atoms with Crippen LogP contribution in [0.4, 0.5) is 5.69 Å². The zero-order chi connectivity index (χ0) is 10.8. The number of rotatable bonds is 2. The van der Waals surface area contributed by atoms with Gasteiger partial charge in [0.2, 0.25) is 5.96 Å². The van der Waals surface area contributed by atoms with Crippen LogP contribution in [-0.4, -0.2) is 12.0 Å². The van der Waals surface area contributed by atoms with Crippen molar-refractivity contribution in [3.05, 3.63) is 10.4 Å². The summed E-state index contributed by atoms with van der Waals surface area (Å²) in [5.41, 5.74) is 1.05. The molecule has 0 unspecified atom stereocenters. The Kier molecular flexibility index (Phi) is 3.43. The van der Waals surface area contributed by atoms with E-state index < -0.39 is 0 Å². The zero-order valence-electron chi connectivity index (χ0n) is 8.50. The molecule has 2 heterocycles. The maximum absolute atomic E-state index is 5.93. The van der Waals surface area contributed by atoms with Gasteiger partial charge >= 0.3 is 0 Å². The van der Waals surface area contributed by atoms with Crippen LogP contribution in [0.2, 0.25) is 4.34 Å². The minimum atomic E-state index is 0.424. The molecular formula is C9H12ClN3S2. The summed E-state index contributed by atoms with van der Waals surface area (Å²) in [6.07, 6.45) is 1.07. The number of hydrogen-bond donors (Lipinski definition) is 2. The van der Waals surface area contributed by atoms with E-state index >= 15 is 0 Å². The van der Waals surface area contributed by atoms with E-state index in [0.717, 1.165) is 26.6 Å². The molecule has 2 N–H and O–H groups in total. The largest absolute Gasteiger partial charge is 0.353 e. The summed E-state index contributed by atoms with van der Waals surface area (Å²) in [5.74, 6) is 0.816. The van der Waals surface area contributed by atoms with Gasteiger partial charge in [0.1, 0.15) is 4.21 Å². The van der Waals surface area contributed by atoms with Crippen LogP contribution < -0.4 is 10.6 Å². The summed E-state index contributed by atoms with van der Waals surface area (Å²) in [6.45, 7) is 4.27. The van der Waals surface area contributed by atoms with Gasteiger partial charge in [-0.2, -0.15) is 4.40 Å². The van der Waals surface area contributed by atoms with Gasteiger partial charge in [0.15, 0.2) is 0 Å². The van der Waals surface area contributed by atoms with E-state index in [2.05, 4.69) is 28.9 Å². The smallest absolute Gasteiger partial charge is 0.208 e.